The number of hydrogen-bond acceptors (Lipinski definition) is 4. The minimum absolute atomic E-state index is 0. The first kappa shape index (κ1) is 24.2. The van der Waals surface area contributed by atoms with Gasteiger partial charge in [0.25, 0.3) is 0 Å². The summed E-state index contributed by atoms with van der Waals surface area (Å²) in [7, 11) is -2.85. The van der Waals surface area contributed by atoms with E-state index >= 15 is 0 Å². The summed E-state index contributed by atoms with van der Waals surface area (Å²) in [4.78, 5) is 4.85. The molecule has 2 aliphatic carbocycles. The van der Waals surface area contributed by atoms with E-state index in [1.54, 1.807) is 0 Å². The summed E-state index contributed by atoms with van der Waals surface area (Å²) in [5.74, 6) is 1.56. The molecule has 2 saturated carbocycles. The highest BCUT2D eigenvalue weighted by Gasteiger charge is 2.35. The fourth-order valence-corrected chi connectivity index (χ4v) is 6.55. The second-order valence-corrected chi connectivity index (χ2v) is 11.4. The molecule has 3 rings (SSSR count). The van der Waals surface area contributed by atoms with Crippen molar-refractivity contribution in [3.8, 4) is 0 Å². The summed E-state index contributed by atoms with van der Waals surface area (Å²) in [6.07, 6.45) is 10.7. The van der Waals surface area contributed by atoms with Crippen LogP contribution in [0.15, 0.2) is 4.99 Å². The minimum atomic E-state index is -2.85. The number of rotatable bonds is 5. The summed E-state index contributed by atoms with van der Waals surface area (Å²) >= 11 is 0. The lowest BCUT2D eigenvalue weighted by Gasteiger charge is -2.37. The number of nitrogens with zero attached hydrogens (tertiary/aromatic N) is 1. The molecule has 0 spiro atoms. The normalized spacial score (nSPS) is 33.9. The number of aliphatic imine (C=N–C) groups is 1. The van der Waals surface area contributed by atoms with Crippen LogP contribution in [0.25, 0.3) is 0 Å². The molecule has 3 N–H and O–H groups in total. The number of guanidine groups is 1. The van der Waals surface area contributed by atoms with Crippen molar-refractivity contribution in [1.82, 2.24) is 10.6 Å². The van der Waals surface area contributed by atoms with Crippen molar-refractivity contribution in [2.75, 3.05) is 24.6 Å². The fourth-order valence-electron chi connectivity index (χ4n) is 4.69. The Bertz CT molecular complexity index is 622. The molecule has 3 aliphatic rings. The fraction of sp³-hybridized carbons (Fsp3) is 0.950. The highest BCUT2D eigenvalue weighted by atomic mass is 127. The molecule has 0 aromatic carbocycles. The van der Waals surface area contributed by atoms with Crippen molar-refractivity contribution < 1.29 is 13.5 Å². The van der Waals surface area contributed by atoms with E-state index in [9.17, 15) is 13.5 Å². The Kier molecular flexibility index (Phi) is 9.32. The molecule has 1 heterocycles. The van der Waals surface area contributed by atoms with Gasteiger partial charge in [0.1, 0.15) is 0 Å². The van der Waals surface area contributed by atoms with E-state index < -0.39 is 9.84 Å². The first-order valence-electron chi connectivity index (χ1n) is 10.8. The van der Waals surface area contributed by atoms with Gasteiger partial charge in [0.05, 0.1) is 24.2 Å². The average Bonchev–Trinajstić information content (AvgIpc) is 3.00. The van der Waals surface area contributed by atoms with Crippen molar-refractivity contribution in [3.05, 3.63) is 0 Å². The van der Waals surface area contributed by atoms with Crippen molar-refractivity contribution in [2.45, 2.75) is 83.3 Å². The van der Waals surface area contributed by atoms with Crippen LogP contribution in [-0.2, 0) is 9.84 Å². The minimum Gasteiger partial charge on any atom is -0.392 e. The highest BCUT2D eigenvalue weighted by Crippen LogP contribution is 2.36. The predicted octanol–water partition coefficient (Wildman–Crippen LogP) is 2.85. The van der Waals surface area contributed by atoms with Gasteiger partial charge in [0.2, 0.25) is 0 Å². The molecule has 3 unspecified atom stereocenters. The molecule has 0 aromatic heterocycles. The van der Waals surface area contributed by atoms with Crippen LogP contribution in [0.1, 0.15) is 71.1 Å². The summed E-state index contributed by atoms with van der Waals surface area (Å²) in [5, 5.41) is 17.4. The SMILES string of the molecule is CC1(CN=C(NCC2CCS(=O)(=O)C2)NC2CCCCC2)CCCCC1O.I. The number of aliphatic hydroxyl groups is 1. The zero-order valence-corrected chi connectivity index (χ0v) is 20.3. The quantitative estimate of drug-likeness (QED) is 0.291. The zero-order valence-electron chi connectivity index (χ0n) is 17.2. The molecular formula is C20H38IN3O3S. The average molecular weight is 528 g/mol. The van der Waals surface area contributed by atoms with Crippen molar-refractivity contribution in [1.29, 1.82) is 0 Å². The summed E-state index contributed by atoms with van der Waals surface area (Å²) in [5.41, 5.74) is -0.157. The maximum atomic E-state index is 11.7. The Balaban J connectivity index is 0.00000280. The molecule has 28 heavy (non-hydrogen) atoms. The molecule has 0 bridgehead atoms. The van der Waals surface area contributed by atoms with Gasteiger partial charge in [-0.2, -0.15) is 0 Å². The summed E-state index contributed by atoms with van der Waals surface area (Å²) < 4.78 is 23.4. The van der Waals surface area contributed by atoms with Gasteiger partial charge in [-0.05, 0) is 38.0 Å². The van der Waals surface area contributed by atoms with E-state index in [0.717, 1.165) is 38.1 Å². The van der Waals surface area contributed by atoms with Gasteiger partial charge in [0.15, 0.2) is 15.8 Å². The van der Waals surface area contributed by atoms with Crippen molar-refractivity contribution in [3.63, 3.8) is 0 Å². The van der Waals surface area contributed by atoms with E-state index in [-0.39, 0.29) is 47.2 Å². The van der Waals surface area contributed by atoms with Crippen LogP contribution >= 0.6 is 24.0 Å². The summed E-state index contributed by atoms with van der Waals surface area (Å²) in [6, 6.07) is 0.446. The molecule has 1 saturated heterocycles. The Morgan fingerprint density at radius 1 is 1.11 bits per heavy atom. The molecule has 3 fully saturated rings. The third kappa shape index (κ3) is 7.00. The Labute approximate surface area is 187 Å². The number of sulfone groups is 1. The molecule has 8 heteroatoms. The van der Waals surface area contributed by atoms with Crippen molar-refractivity contribution >= 4 is 39.8 Å². The standard InChI is InChI=1S/C20H37N3O3S.HI/c1-20(11-6-5-9-18(20)24)15-22-19(23-17-7-3-2-4-8-17)21-13-16-10-12-27(25,26)14-16;/h16-18,24H,2-15H2,1H3,(H2,21,22,23);1H. The third-order valence-corrected chi connectivity index (χ3v) is 8.55. The van der Waals surface area contributed by atoms with Crippen molar-refractivity contribution in [2.24, 2.45) is 16.3 Å². The van der Waals surface area contributed by atoms with E-state index in [1.807, 2.05) is 0 Å². The predicted molar refractivity (Wildman–Crippen MR) is 125 cm³/mol. The van der Waals surface area contributed by atoms with E-state index in [0.29, 0.717) is 24.9 Å². The first-order chi connectivity index (χ1) is 12.9. The topological polar surface area (TPSA) is 90.8 Å². The lowest BCUT2D eigenvalue weighted by molar-refractivity contribution is 0.00715. The number of hydrogen-bond donors (Lipinski definition) is 3. The molecule has 1 aliphatic heterocycles. The van der Waals surface area contributed by atoms with E-state index in [2.05, 4.69) is 17.6 Å². The third-order valence-electron chi connectivity index (χ3n) is 6.71. The van der Waals surface area contributed by atoms with Gasteiger partial charge < -0.3 is 15.7 Å². The lowest BCUT2D eigenvalue weighted by atomic mass is 9.73. The van der Waals surface area contributed by atoms with Crippen LogP contribution in [0, 0.1) is 11.3 Å². The van der Waals surface area contributed by atoms with Crippen LogP contribution < -0.4 is 10.6 Å². The lowest BCUT2D eigenvalue weighted by Crippen LogP contribution is -2.47. The molecule has 0 radical (unpaired) electrons. The van der Waals surface area contributed by atoms with Crippen LogP contribution in [-0.4, -0.2) is 56.2 Å². The Morgan fingerprint density at radius 3 is 2.46 bits per heavy atom. The molecule has 6 nitrogen and oxygen atoms in total. The van der Waals surface area contributed by atoms with Crippen LogP contribution in [0.3, 0.4) is 0 Å². The van der Waals surface area contributed by atoms with Gasteiger partial charge >= 0.3 is 0 Å². The van der Waals surface area contributed by atoms with E-state index in [1.165, 1.54) is 32.1 Å². The van der Waals surface area contributed by atoms with E-state index in [4.69, 9.17) is 4.99 Å². The maximum Gasteiger partial charge on any atom is 0.191 e. The molecule has 0 amide bonds. The molecule has 0 aromatic rings. The van der Waals surface area contributed by atoms with Gasteiger partial charge in [0, 0.05) is 18.0 Å². The molecular weight excluding hydrogens is 489 g/mol. The van der Waals surface area contributed by atoms with Gasteiger partial charge in [-0.25, -0.2) is 8.42 Å². The Morgan fingerprint density at radius 2 is 1.82 bits per heavy atom. The van der Waals surface area contributed by atoms with Crippen LogP contribution in [0.5, 0.6) is 0 Å². The number of nitrogens with one attached hydrogen (secondary N) is 2. The Hall–Kier alpha value is -0.0900. The zero-order chi connectivity index (χ0) is 19.3. The van der Waals surface area contributed by atoms with Gasteiger partial charge in [-0.15, -0.1) is 24.0 Å². The number of aliphatic hydroxyl groups excluding tert-OH is 1. The van der Waals surface area contributed by atoms with Crippen LogP contribution in [0.2, 0.25) is 0 Å². The van der Waals surface area contributed by atoms with Gasteiger partial charge in [-0.3, -0.25) is 4.99 Å². The smallest absolute Gasteiger partial charge is 0.191 e. The maximum absolute atomic E-state index is 11.7. The monoisotopic (exact) mass is 527 g/mol. The molecule has 164 valence electrons. The largest absolute Gasteiger partial charge is 0.392 e. The molecule has 3 atom stereocenters. The number of halogens is 1. The second kappa shape index (κ2) is 10.8. The van der Waals surface area contributed by atoms with Crippen LogP contribution in [0.4, 0.5) is 0 Å². The summed E-state index contributed by atoms with van der Waals surface area (Å²) in [6.45, 7) is 3.40. The second-order valence-electron chi connectivity index (χ2n) is 9.21. The highest BCUT2D eigenvalue weighted by molar-refractivity contribution is 14.0. The first-order valence-corrected chi connectivity index (χ1v) is 12.6. The van der Waals surface area contributed by atoms with Gasteiger partial charge in [-0.1, -0.05) is 39.0 Å².